The van der Waals surface area contributed by atoms with Crippen molar-refractivity contribution >= 4 is 17.7 Å². The van der Waals surface area contributed by atoms with Gasteiger partial charge in [0.1, 0.15) is 11.6 Å². The smallest absolute Gasteiger partial charge is 0.192 e. The molecule has 2 aromatic rings. The van der Waals surface area contributed by atoms with E-state index in [9.17, 15) is 0 Å². The summed E-state index contributed by atoms with van der Waals surface area (Å²) in [6, 6.07) is 8.48. The number of aromatic nitrogens is 3. The molecule has 8 heteroatoms. The number of aliphatic imine (C=N–C) groups is 1. The van der Waals surface area contributed by atoms with Crippen LogP contribution in [0.3, 0.4) is 0 Å². The first-order valence-corrected chi connectivity index (χ1v) is 10.9. The molecule has 2 unspecified atom stereocenters. The van der Waals surface area contributed by atoms with Gasteiger partial charge in [0, 0.05) is 18.3 Å². The summed E-state index contributed by atoms with van der Waals surface area (Å²) in [7, 11) is 3.66. The minimum Gasteiger partial charge on any atom is -0.497 e. The summed E-state index contributed by atoms with van der Waals surface area (Å²) in [5.41, 5.74) is 1.14. The Balaban J connectivity index is 1.66. The Morgan fingerprint density at radius 1 is 1.29 bits per heavy atom. The first-order valence-electron chi connectivity index (χ1n) is 9.64. The third-order valence-corrected chi connectivity index (χ3v) is 6.33. The number of nitrogens with one attached hydrogen (secondary N) is 2. The Bertz CT molecular complexity index is 788. The molecule has 28 heavy (non-hydrogen) atoms. The van der Waals surface area contributed by atoms with Gasteiger partial charge in [0.2, 0.25) is 0 Å². The van der Waals surface area contributed by atoms with Gasteiger partial charge in [-0.3, -0.25) is 0 Å². The fraction of sp³-hybridized carbons (Fsp3) is 0.550. The van der Waals surface area contributed by atoms with Gasteiger partial charge in [-0.25, -0.2) is 4.99 Å². The molecule has 7 nitrogen and oxygen atoms in total. The van der Waals surface area contributed by atoms with Crippen molar-refractivity contribution in [1.82, 2.24) is 25.4 Å². The summed E-state index contributed by atoms with van der Waals surface area (Å²) in [6.45, 7) is 3.15. The summed E-state index contributed by atoms with van der Waals surface area (Å²) < 4.78 is 7.22. The average Bonchev–Trinajstić information content (AvgIpc) is 3.31. The molecule has 0 saturated heterocycles. The van der Waals surface area contributed by atoms with Crippen LogP contribution < -0.4 is 15.4 Å². The van der Waals surface area contributed by atoms with Crippen LogP contribution in [0.5, 0.6) is 5.75 Å². The number of guanidine groups is 1. The second kappa shape index (κ2) is 9.82. The highest BCUT2D eigenvalue weighted by Crippen LogP contribution is 2.28. The largest absolute Gasteiger partial charge is 0.497 e. The van der Waals surface area contributed by atoms with Crippen molar-refractivity contribution in [3.05, 3.63) is 41.5 Å². The molecule has 3 rings (SSSR count). The number of rotatable bonds is 7. The second-order valence-corrected chi connectivity index (χ2v) is 8.24. The minimum atomic E-state index is 0.459. The van der Waals surface area contributed by atoms with Crippen molar-refractivity contribution in [3.63, 3.8) is 0 Å². The number of benzene rings is 1. The van der Waals surface area contributed by atoms with Crippen LogP contribution in [0, 0.1) is 6.92 Å². The second-order valence-electron chi connectivity index (χ2n) is 7.10. The maximum atomic E-state index is 5.23. The molecule has 1 aromatic heterocycles. The lowest BCUT2D eigenvalue weighted by Gasteiger charge is -2.18. The lowest BCUT2D eigenvalue weighted by atomic mass is 10.2. The van der Waals surface area contributed by atoms with E-state index in [1.54, 1.807) is 7.11 Å². The van der Waals surface area contributed by atoms with Gasteiger partial charge in [0.15, 0.2) is 11.8 Å². The molecule has 1 saturated carbocycles. The van der Waals surface area contributed by atoms with Crippen molar-refractivity contribution < 1.29 is 4.74 Å². The van der Waals surface area contributed by atoms with Crippen molar-refractivity contribution in [2.24, 2.45) is 12.0 Å². The quantitative estimate of drug-likeness (QED) is 0.548. The molecule has 1 aromatic carbocycles. The van der Waals surface area contributed by atoms with Crippen LogP contribution in [-0.4, -0.2) is 45.4 Å². The van der Waals surface area contributed by atoms with E-state index in [0.717, 1.165) is 34.2 Å². The van der Waals surface area contributed by atoms with Crippen molar-refractivity contribution in [2.45, 2.75) is 50.6 Å². The number of hydrogen-bond acceptors (Lipinski definition) is 5. The molecule has 1 heterocycles. The van der Waals surface area contributed by atoms with E-state index in [-0.39, 0.29) is 0 Å². The zero-order valence-corrected chi connectivity index (χ0v) is 17.9. The van der Waals surface area contributed by atoms with Gasteiger partial charge in [0.05, 0.1) is 20.2 Å². The molecule has 1 aliphatic rings. The van der Waals surface area contributed by atoms with Crippen LogP contribution in [0.25, 0.3) is 0 Å². The van der Waals surface area contributed by atoms with Gasteiger partial charge in [-0.15, -0.1) is 10.2 Å². The Labute approximate surface area is 171 Å². The molecule has 0 amide bonds. The number of thioether (sulfide) groups is 1. The van der Waals surface area contributed by atoms with Gasteiger partial charge < -0.3 is 19.9 Å². The molecule has 2 N–H and O–H groups in total. The molecular weight excluding hydrogens is 372 g/mol. The molecule has 1 aliphatic carbocycles. The van der Waals surface area contributed by atoms with E-state index in [1.807, 2.05) is 54.6 Å². The Morgan fingerprint density at radius 3 is 2.68 bits per heavy atom. The van der Waals surface area contributed by atoms with Crippen LogP contribution in [0.4, 0.5) is 0 Å². The fourth-order valence-electron chi connectivity index (χ4n) is 3.30. The summed E-state index contributed by atoms with van der Waals surface area (Å²) in [6.07, 6.45) is 5.80. The molecule has 0 bridgehead atoms. The standard InChI is InChI=1S/C20H30N6OS/c1-14-24-25-19(26(14)2)13-22-20(23-16-7-10-18(11-16)28-4)21-12-15-5-8-17(27-3)9-6-15/h5-6,8-9,16,18H,7,10-13H2,1-4H3,(H2,21,22,23). The van der Waals surface area contributed by atoms with E-state index in [4.69, 9.17) is 9.73 Å². The van der Waals surface area contributed by atoms with E-state index >= 15 is 0 Å². The van der Waals surface area contributed by atoms with Crippen LogP contribution in [0.1, 0.15) is 36.5 Å². The Morgan fingerprint density at radius 2 is 2.07 bits per heavy atom. The highest BCUT2D eigenvalue weighted by molar-refractivity contribution is 7.99. The molecule has 0 radical (unpaired) electrons. The number of ether oxygens (including phenoxy) is 1. The zero-order valence-electron chi connectivity index (χ0n) is 17.1. The topological polar surface area (TPSA) is 76.4 Å². The van der Waals surface area contributed by atoms with E-state index in [1.165, 1.54) is 19.3 Å². The van der Waals surface area contributed by atoms with E-state index < -0.39 is 0 Å². The third-order valence-electron chi connectivity index (χ3n) is 5.23. The van der Waals surface area contributed by atoms with Crippen molar-refractivity contribution in [2.75, 3.05) is 13.4 Å². The zero-order chi connectivity index (χ0) is 19.9. The molecule has 1 fully saturated rings. The lowest BCUT2D eigenvalue weighted by molar-refractivity contribution is 0.414. The van der Waals surface area contributed by atoms with Gasteiger partial charge in [0.25, 0.3) is 0 Å². The highest BCUT2D eigenvalue weighted by Gasteiger charge is 2.24. The first-order chi connectivity index (χ1) is 13.6. The van der Waals surface area contributed by atoms with Crippen LogP contribution >= 0.6 is 11.8 Å². The summed E-state index contributed by atoms with van der Waals surface area (Å²) in [5.74, 6) is 3.48. The maximum absolute atomic E-state index is 5.23. The summed E-state index contributed by atoms with van der Waals surface area (Å²) >= 11 is 1.96. The average molecular weight is 403 g/mol. The number of methoxy groups -OCH3 is 1. The predicted octanol–water partition coefficient (Wildman–Crippen LogP) is 2.65. The van der Waals surface area contributed by atoms with Gasteiger partial charge >= 0.3 is 0 Å². The summed E-state index contributed by atoms with van der Waals surface area (Å²) in [4.78, 5) is 4.80. The fourth-order valence-corrected chi connectivity index (χ4v) is 4.10. The predicted molar refractivity (Wildman–Crippen MR) is 115 cm³/mol. The van der Waals surface area contributed by atoms with Gasteiger partial charge in [-0.2, -0.15) is 11.8 Å². The summed E-state index contributed by atoms with van der Waals surface area (Å²) in [5, 5.41) is 16.1. The number of hydrogen-bond donors (Lipinski definition) is 2. The molecule has 0 aliphatic heterocycles. The van der Waals surface area contributed by atoms with E-state index in [0.29, 0.717) is 19.1 Å². The van der Waals surface area contributed by atoms with Gasteiger partial charge in [-0.05, 0) is 50.1 Å². The Hall–Kier alpha value is -2.22. The van der Waals surface area contributed by atoms with Crippen molar-refractivity contribution in [3.8, 4) is 5.75 Å². The Kier molecular flexibility index (Phi) is 7.19. The van der Waals surface area contributed by atoms with E-state index in [2.05, 4.69) is 27.1 Å². The first kappa shape index (κ1) is 20.5. The van der Waals surface area contributed by atoms with Crippen molar-refractivity contribution in [1.29, 1.82) is 0 Å². The van der Waals surface area contributed by atoms with Crippen LogP contribution in [0.2, 0.25) is 0 Å². The molecule has 2 atom stereocenters. The highest BCUT2D eigenvalue weighted by atomic mass is 32.2. The normalized spacial score (nSPS) is 19.6. The van der Waals surface area contributed by atoms with Gasteiger partial charge in [-0.1, -0.05) is 12.1 Å². The van der Waals surface area contributed by atoms with Crippen LogP contribution in [0.15, 0.2) is 29.3 Å². The minimum absolute atomic E-state index is 0.459. The molecular formula is C20H30N6OS. The third kappa shape index (κ3) is 5.41. The molecule has 0 spiro atoms. The monoisotopic (exact) mass is 402 g/mol. The number of aryl methyl sites for hydroxylation is 1. The lowest BCUT2D eigenvalue weighted by Crippen LogP contribution is -2.42. The number of nitrogens with zero attached hydrogens (tertiary/aromatic N) is 4. The van der Waals surface area contributed by atoms with Crippen LogP contribution in [-0.2, 0) is 20.1 Å². The SMILES string of the molecule is COc1ccc(CN=C(NCc2nnc(C)n2C)NC2CCC(SC)C2)cc1. The molecule has 152 valence electrons. The maximum Gasteiger partial charge on any atom is 0.192 e.